The average molecular weight is 252 g/mol. The number of alkyl halides is 3. The minimum Gasteiger partial charge on any atom is -0.294 e. The third-order valence-corrected chi connectivity index (χ3v) is 3.94. The molecule has 0 atom stereocenters. The third-order valence-electron chi connectivity index (χ3n) is 0.719. The molecule has 0 fully saturated rings. The Kier molecular flexibility index (Phi) is 4.13. The summed E-state index contributed by atoms with van der Waals surface area (Å²) in [5.41, 5.74) is 0. The third kappa shape index (κ3) is 8.47. The summed E-state index contributed by atoms with van der Waals surface area (Å²) < 4.78 is 64.4. The molecule has 0 aliphatic rings. The molecule has 0 saturated carbocycles. The molecule has 0 saturated heterocycles. The van der Waals surface area contributed by atoms with Crippen molar-refractivity contribution in [2.24, 2.45) is 0 Å². The zero-order valence-electron chi connectivity index (χ0n) is 7.88. The van der Waals surface area contributed by atoms with Gasteiger partial charge in [0.1, 0.15) is 0 Å². The molecule has 0 heterocycles. The summed E-state index contributed by atoms with van der Waals surface area (Å²) >= 11 is 0. The van der Waals surface area contributed by atoms with Crippen molar-refractivity contribution >= 4 is 18.7 Å². The smallest absolute Gasteiger partial charge is 0.294 e. The van der Waals surface area contributed by atoms with Crippen LogP contribution in [0.3, 0.4) is 0 Å². The lowest BCUT2D eigenvalue weighted by molar-refractivity contribution is -0.153. The Balaban J connectivity index is 4.25. The highest BCUT2D eigenvalue weighted by Crippen LogP contribution is 2.17. The predicted molar refractivity (Wildman–Crippen MR) is 45.4 cm³/mol. The van der Waals surface area contributed by atoms with Gasteiger partial charge in [0.05, 0.1) is 0 Å². The van der Waals surface area contributed by atoms with Crippen LogP contribution in [-0.2, 0) is 18.5 Å². The maximum atomic E-state index is 11.6. The van der Waals surface area contributed by atoms with Crippen LogP contribution < -0.4 is 0 Å². The maximum Gasteiger partial charge on any atom is 0.413 e. The molecule has 0 amide bonds. The topological polar surface area (TPSA) is 52.6 Å². The van der Waals surface area contributed by atoms with Gasteiger partial charge in [0.25, 0.3) is 0 Å². The zero-order chi connectivity index (χ0) is 11.6. The molecule has 0 aromatic heterocycles. The van der Waals surface area contributed by atoms with Crippen molar-refractivity contribution in [1.82, 2.24) is 0 Å². The number of hydrogen-bond acceptors (Lipinski definition) is 4. The molecule has 0 aliphatic heterocycles. The van der Waals surface area contributed by atoms with Crippen LogP contribution in [0, 0.1) is 0 Å². The van der Waals surface area contributed by atoms with Crippen molar-refractivity contribution in [1.29, 1.82) is 0 Å². The van der Waals surface area contributed by atoms with E-state index >= 15 is 0 Å². The monoisotopic (exact) mass is 252 g/mol. The highest BCUT2D eigenvalue weighted by Gasteiger charge is 2.33. The summed E-state index contributed by atoms with van der Waals surface area (Å²) in [5.74, 6) is 0. The first-order valence-corrected chi connectivity index (χ1v) is 8.32. The number of halogens is 3. The molecule has 0 aliphatic carbocycles. The van der Waals surface area contributed by atoms with E-state index in [-0.39, 0.29) is 0 Å². The van der Waals surface area contributed by atoms with E-state index in [9.17, 15) is 21.6 Å². The van der Waals surface area contributed by atoms with Crippen molar-refractivity contribution in [3.63, 3.8) is 0 Å². The van der Waals surface area contributed by atoms with Crippen LogP contribution in [0.2, 0.25) is 19.6 Å². The normalized spacial score (nSPS) is 14.4. The van der Waals surface area contributed by atoms with E-state index in [2.05, 4.69) is 8.06 Å². The Hall–Kier alpha value is -0.123. The Labute approximate surface area is 81.5 Å². The first-order valence-electron chi connectivity index (χ1n) is 3.58. The summed E-state index contributed by atoms with van der Waals surface area (Å²) in [6.07, 6.45) is -4.68. The highest BCUT2D eigenvalue weighted by atomic mass is 32.3. The van der Waals surface area contributed by atoms with Crippen LogP contribution in [0.1, 0.15) is 0 Å². The SMILES string of the molecule is C[Si](C)(C)OS(=O)(=O)OCC(F)(F)F. The second kappa shape index (κ2) is 4.17. The minimum atomic E-state index is -4.68. The molecule has 9 heteroatoms. The number of hydrogen-bond donors (Lipinski definition) is 0. The van der Waals surface area contributed by atoms with Crippen LogP contribution in [0.15, 0.2) is 0 Å². The van der Waals surface area contributed by atoms with E-state index in [4.69, 9.17) is 0 Å². The second-order valence-electron chi connectivity index (χ2n) is 3.48. The van der Waals surface area contributed by atoms with Crippen molar-refractivity contribution in [3.05, 3.63) is 0 Å². The molecular weight excluding hydrogens is 241 g/mol. The van der Waals surface area contributed by atoms with Gasteiger partial charge >= 0.3 is 16.6 Å². The summed E-state index contributed by atoms with van der Waals surface area (Å²) in [6, 6.07) is 0. The molecular formula is C5H11F3O4SSi. The largest absolute Gasteiger partial charge is 0.413 e. The van der Waals surface area contributed by atoms with E-state index < -0.39 is 31.5 Å². The van der Waals surface area contributed by atoms with Crippen molar-refractivity contribution in [2.75, 3.05) is 6.61 Å². The Morgan fingerprint density at radius 1 is 1.21 bits per heavy atom. The lowest BCUT2D eigenvalue weighted by Gasteiger charge is -2.16. The van der Waals surface area contributed by atoms with Gasteiger partial charge in [-0.05, 0) is 19.6 Å². The summed E-state index contributed by atoms with van der Waals surface area (Å²) in [6.45, 7) is 2.68. The quantitative estimate of drug-likeness (QED) is 0.714. The van der Waals surface area contributed by atoms with Crippen LogP contribution in [0.4, 0.5) is 13.2 Å². The van der Waals surface area contributed by atoms with Crippen molar-refractivity contribution in [3.8, 4) is 0 Å². The lowest BCUT2D eigenvalue weighted by Crippen LogP contribution is -2.32. The molecule has 0 N–H and O–H groups in total. The Morgan fingerprint density at radius 3 is 1.93 bits per heavy atom. The fourth-order valence-electron chi connectivity index (χ4n) is 0.469. The van der Waals surface area contributed by atoms with Gasteiger partial charge in [-0.3, -0.25) is 3.87 Å². The molecule has 0 radical (unpaired) electrons. The van der Waals surface area contributed by atoms with Gasteiger partial charge in [0, 0.05) is 0 Å². The molecule has 0 aromatic rings. The van der Waals surface area contributed by atoms with Crippen LogP contribution in [0.25, 0.3) is 0 Å². The van der Waals surface area contributed by atoms with E-state index in [1.807, 2.05) is 0 Å². The van der Waals surface area contributed by atoms with E-state index in [0.29, 0.717) is 0 Å². The molecule has 0 aromatic carbocycles. The van der Waals surface area contributed by atoms with Gasteiger partial charge in [-0.25, -0.2) is 4.18 Å². The van der Waals surface area contributed by atoms with E-state index in [1.165, 1.54) is 19.6 Å². The Bertz CT molecular complexity index is 278. The molecule has 4 nitrogen and oxygen atoms in total. The summed E-state index contributed by atoms with van der Waals surface area (Å²) in [4.78, 5) is 0. The van der Waals surface area contributed by atoms with Gasteiger partial charge in [-0.15, -0.1) is 0 Å². The molecule has 0 rings (SSSR count). The van der Waals surface area contributed by atoms with Gasteiger partial charge in [0.15, 0.2) is 6.61 Å². The van der Waals surface area contributed by atoms with Crippen LogP contribution >= 0.6 is 0 Å². The van der Waals surface area contributed by atoms with E-state index in [0.717, 1.165) is 0 Å². The number of rotatable bonds is 4. The van der Waals surface area contributed by atoms with Gasteiger partial charge in [-0.1, -0.05) is 0 Å². The van der Waals surface area contributed by atoms with Crippen molar-refractivity contribution in [2.45, 2.75) is 25.8 Å². The van der Waals surface area contributed by atoms with Crippen molar-refractivity contribution < 1.29 is 29.6 Å². The van der Waals surface area contributed by atoms with Gasteiger partial charge in [0.2, 0.25) is 8.32 Å². The molecule has 0 bridgehead atoms. The Morgan fingerprint density at radius 2 is 1.64 bits per heavy atom. The first-order chi connectivity index (χ1) is 5.91. The molecule has 0 spiro atoms. The summed E-state index contributed by atoms with van der Waals surface area (Å²) in [7, 11) is -7.00. The minimum absolute atomic E-state index is 1.52. The van der Waals surface area contributed by atoms with Gasteiger partial charge < -0.3 is 0 Å². The van der Waals surface area contributed by atoms with Crippen LogP contribution in [-0.4, -0.2) is 29.5 Å². The average Bonchev–Trinajstić information content (AvgIpc) is 1.76. The zero-order valence-corrected chi connectivity index (χ0v) is 9.70. The fraction of sp³-hybridized carbons (Fsp3) is 1.00. The molecule has 0 unspecified atom stereocenters. The van der Waals surface area contributed by atoms with E-state index in [1.54, 1.807) is 0 Å². The first kappa shape index (κ1) is 13.9. The fourth-order valence-corrected chi connectivity index (χ4v) is 3.39. The molecule has 86 valence electrons. The second-order valence-corrected chi connectivity index (χ2v) is 9.42. The summed E-state index contributed by atoms with van der Waals surface area (Å²) in [5, 5.41) is 0. The maximum absolute atomic E-state index is 11.6. The van der Waals surface area contributed by atoms with Crippen LogP contribution in [0.5, 0.6) is 0 Å². The highest BCUT2D eigenvalue weighted by molar-refractivity contribution is 7.83. The van der Waals surface area contributed by atoms with Gasteiger partial charge in [-0.2, -0.15) is 21.6 Å². The molecule has 14 heavy (non-hydrogen) atoms. The predicted octanol–water partition coefficient (Wildman–Crippen LogP) is 1.66. The lowest BCUT2D eigenvalue weighted by atomic mass is 10.7. The standard InChI is InChI=1S/C5H11F3O4SSi/c1-14(2,3)12-13(9,10)11-4-5(6,7)8/h4H2,1-3H3.